The Balaban J connectivity index is 4.12. The van der Waals surface area contributed by atoms with Crippen molar-refractivity contribution < 1.29 is 0 Å². The molecule has 0 aliphatic heterocycles. The van der Waals surface area contributed by atoms with Crippen LogP contribution in [-0.4, -0.2) is 5.88 Å². The summed E-state index contributed by atoms with van der Waals surface area (Å²) in [6.07, 6.45) is 2.12. The van der Waals surface area contributed by atoms with E-state index < -0.39 is 0 Å². The van der Waals surface area contributed by atoms with Gasteiger partial charge in [-0.2, -0.15) is 0 Å². The van der Waals surface area contributed by atoms with E-state index in [1.165, 1.54) is 5.57 Å². The summed E-state index contributed by atoms with van der Waals surface area (Å²) < 4.78 is 0. The molecule has 1 heteroatoms. The predicted octanol–water partition coefficient (Wildman–Crippen LogP) is 3.46. The molecule has 0 rings (SSSR count). The summed E-state index contributed by atoms with van der Waals surface area (Å²) in [4.78, 5) is 0. The molecule has 0 nitrogen and oxygen atoms in total. The third-order valence-electron chi connectivity index (χ3n) is 1.65. The second-order valence-corrected chi connectivity index (χ2v) is 3.48. The monoisotopic (exact) mass is 160 g/mol. The fourth-order valence-corrected chi connectivity index (χ4v) is 1.41. The smallest absolute Gasteiger partial charge is 0.0406 e. The Morgan fingerprint density at radius 2 is 1.60 bits per heavy atom. The first-order valence-electron chi connectivity index (χ1n) is 3.85. The molecular weight excluding hydrogens is 144 g/mol. The quantitative estimate of drug-likeness (QED) is 0.438. The highest BCUT2D eigenvalue weighted by Gasteiger charge is 2.05. The zero-order valence-electron chi connectivity index (χ0n) is 7.32. The van der Waals surface area contributed by atoms with Crippen molar-refractivity contribution >= 4 is 11.6 Å². The van der Waals surface area contributed by atoms with E-state index in [1.54, 1.807) is 0 Å². The van der Waals surface area contributed by atoms with Crippen molar-refractivity contribution in [2.45, 2.75) is 27.7 Å². The molecule has 0 aromatic rings. The molecule has 0 heterocycles. The molecule has 0 atom stereocenters. The van der Waals surface area contributed by atoms with Crippen LogP contribution in [0.2, 0.25) is 0 Å². The molecule has 0 aliphatic rings. The number of rotatable bonds is 3. The third kappa shape index (κ3) is 3.26. The van der Waals surface area contributed by atoms with Crippen molar-refractivity contribution in [3.05, 3.63) is 11.6 Å². The molecule has 0 fully saturated rings. The van der Waals surface area contributed by atoms with Gasteiger partial charge in [0.25, 0.3) is 0 Å². The second kappa shape index (κ2) is 4.79. The number of halogens is 1. The Morgan fingerprint density at radius 1 is 1.20 bits per heavy atom. The minimum atomic E-state index is 0.638. The summed E-state index contributed by atoms with van der Waals surface area (Å²) in [5.74, 6) is 1.92. The van der Waals surface area contributed by atoms with Crippen LogP contribution in [0.15, 0.2) is 11.6 Å². The van der Waals surface area contributed by atoms with Crippen LogP contribution < -0.4 is 0 Å². The van der Waals surface area contributed by atoms with Crippen molar-refractivity contribution in [3.63, 3.8) is 0 Å². The van der Waals surface area contributed by atoms with Gasteiger partial charge in [0.1, 0.15) is 0 Å². The van der Waals surface area contributed by atoms with Gasteiger partial charge in [-0.05, 0) is 11.8 Å². The number of hydrogen-bond acceptors (Lipinski definition) is 0. The molecule has 60 valence electrons. The lowest BCUT2D eigenvalue weighted by Crippen LogP contribution is -2.02. The molecule has 0 amide bonds. The zero-order chi connectivity index (χ0) is 8.15. The van der Waals surface area contributed by atoms with Crippen LogP contribution in [0.1, 0.15) is 27.7 Å². The first kappa shape index (κ1) is 10.0. The maximum absolute atomic E-state index is 5.61. The molecule has 0 unspecified atom stereocenters. The molecule has 0 bridgehead atoms. The van der Waals surface area contributed by atoms with Crippen LogP contribution in [0.25, 0.3) is 0 Å². The van der Waals surface area contributed by atoms with Crippen molar-refractivity contribution in [3.8, 4) is 0 Å². The van der Waals surface area contributed by atoms with Crippen LogP contribution in [0.3, 0.4) is 0 Å². The van der Waals surface area contributed by atoms with E-state index in [4.69, 9.17) is 11.6 Å². The largest absolute Gasteiger partial charge is 0.122 e. The van der Waals surface area contributed by atoms with E-state index in [0.717, 1.165) is 0 Å². The molecule has 0 N–H and O–H groups in total. The van der Waals surface area contributed by atoms with Crippen LogP contribution >= 0.6 is 11.6 Å². The molecule has 10 heavy (non-hydrogen) atoms. The molecule has 0 aromatic carbocycles. The van der Waals surface area contributed by atoms with E-state index in [1.807, 2.05) is 0 Å². The lowest BCUT2D eigenvalue weighted by Gasteiger charge is -2.14. The summed E-state index contributed by atoms with van der Waals surface area (Å²) >= 11 is 5.61. The molecule has 0 aromatic heterocycles. The average Bonchev–Trinajstić information content (AvgIpc) is 1.81. The van der Waals surface area contributed by atoms with Crippen molar-refractivity contribution in [1.82, 2.24) is 0 Å². The van der Waals surface area contributed by atoms with E-state index in [-0.39, 0.29) is 0 Å². The fourth-order valence-electron chi connectivity index (χ4n) is 1.23. The van der Waals surface area contributed by atoms with Crippen molar-refractivity contribution in [1.29, 1.82) is 0 Å². The highest BCUT2D eigenvalue weighted by atomic mass is 35.5. The Kier molecular flexibility index (Phi) is 4.80. The number of alkyl halides is 1. The summed E-state index contributed by atoms with van der Waals surface area (Å²) in [6.45, 7) is 8.83. The van der Waals surface area contributed by atoms with Gasteiger partial charge < -0.3 is 0 Å². The minimum absolute atomic E-state index is 0.638. The van der Waals surface area contributed by atoms with Gasteiger partial charge >= 0.3 is 0 Å². The Labute approximate surface area is 69.3 Å². The van der Waals surface area contributed by atoms with Crippen LogP contribution in [-0.2, 0) is 0 Å². The standard InChI is InChI=1S/C9H17Cl/c1-7(2)9(5-6-10)8(3)4/h5,7-8H,6H2,1-4H3. The van der Waals surface area contributed by atoms with E-state index in [2.05, 4.69) is 33.8 Å². The Hall–Kier alpha value is 0.0300. The normalized spacial score (nSPS) is 10.7. The molecule has 0 spiro atoms. The lowest BCUT2D eigenvalue weighted by atomic mass is 9.93. The summed E-state index contributed by atoms with van der Waals surface area (Å²) in [6, 6.07) is 0. The Bertz CT molecular complexity index is 102. The van der Waals surface area contributed by atoms with Crippen LogP contribution in [0.5, 0.6) is 0 Å². The zero-order valence-corrected chi connectivity index (χ0v) is 8.07. The summed E-state index contributed by atoms with van der Waals surface area (Å²) in [7, 11) is 0. The van der Waals surface area contributed by atoms with Gasteiger partial charge in [-0.1, -0.05) is 39.3 Å². The molecule has 0 aliphatic carbocycles. The van der Waals surface area contributed by atoms with Crippen molar-refractivity contribution in [2.24, 2.45) is 11.8 Å². The maximum atomic E-state index is 5.61. The van der Waals surface area contributed by atoms with Gasteiger partial charge in [-0.25, -0.2) is 0 Å². The van der Waals surface area contributed by atoms with Gasteiger partial charge in [0.2, 0.25) is 0 Å². The highest BCUT2D eigenvalue weighted by molar-refractivity contribution is 6.18. The molecule has 0 radical (unpaired) electrons. The van der Waals surface area contributed by atoms with E-state index in [0.29, 0.717) is 17.7 Å². The highest BCUT2D eigenvalue weighted by Crippen LogP contribution is 2.18. The van der Waals surface area contributed by atoms with Gasteiger partial charge in [0.15, 0.2) is 0 Å². The Morgan fingerprint density at radius 3 is 1.70 bits per heavy atom. The SMILES string of the molecule is CC(C)C(=CCCl)C(C)C. The topological polar surface area (TPSA) is 0 Å². The van der Waals surface area contributed by atoms with E-state index >= 15 is 0 Å². The van der Waals surface area contributed by atoms with Gasteiger partial charge in [-0.3, -0.25) is 0 Å². The van der Waals surface area contributed by atoms with Gasteiger partial charge in [0.05, 0.1) is 0 Å². The summed E-state index contributed by atoms with van der Waals surface area (Å²) in [5.41, 5.74) is 1.47. The van der Waals surface area contributed by atoms with Crippen molar-refractivity contribution in [2.75, 3.05) is 5.88 Å². The van der Waals surface area contributed by atoms with Gasteiger partial charge in [-0.15, -0.1) is 11.6 Å². The summed E-state index contributed by atoms with van der Waals surface area (Å²) in [5, 5.41) is 0. The van der Waals surface area contributed by atoms with Crippen LogP contribution in [0.4, 0.5) is 0 Å². The first-order chi connectivity index (χ1) is 4.59. The molecule has 0 saturated carbocycles. The molecular formula is C9H17Cl. The number of allylic oxidation sites excluding steroid dienone is 2. The lowest BCUT2D eigenvalue weighted by molar-refractivity contribution is 0.624. The minimum Gasteiger partial charge on any atom is -0.122 e. The fraction of sp³-hybridized carbons (Fsp3) is 0.778. The maximum Gasteiger partial charge on any atom is 0.0406 e. The predicted molar refractivity (Wildman–Crippen MR) is 48.5 cm³/mol. The third-order valence-corrected chi connectivity index (χ3v) is 1.80. The molecule has 0 saturated heterocycles. The number of hydrogen-bond donors (Lipinski definition) is 0. The average molecular weight is 161 g/mol. The first-order valence-corrected chi connectivity index (χ1v) is 4.39. The van der Waals surface area contributed by atoms with Gasteiger partial charge in [0, 0.05) is 5.88 Å². The van der Waals surface area contributed by atoms with Crippen LogP contribution in [0, 0.1) is 11.8 Å². The second-order valence-electron chi connectivity index (χ2n) is 3.17. The van der Waals surface area contributed by atoms with E-state index in [9.17, 15) is 0 Å².